The quantitative estimate of drug-likeness (QED) is 0.698. The Labute approximate surface area is 143 Å². The molecule has 23 heavy (non-hydrogen) atoms. The lowest BCUT2D eigenvalue weighted by molar-refractivity contribution is 0.200. The van der Waals surface area contributed by atoms with Crippen LogP contribution in [0.1, 0.15) is 17.4 Å². The molecule has 0 bridgehead atoms. The monoisotopic (exact) mass is 333 g/mol. The van der Waals surface area contributed by atoms with Gasteiger partial charge < -0.3 is 20.3 Å². The Morgan fingerprint density at radius 3 is 2.65 bits per heavy atom. The Hall–Kier alpha value is -1.56. The molecule has 126 valence electrons. The van der Waals surface area contributed by atoms with E-state index in [1.165, 1.54) is 4.88 Å². The van der Waals surface area contributed by atoms with Gasteiger partial charge in [0.25, 0.3) is 0 Å². The van der Waals surface area contributed by atoms with E-state index in [1.807, 2.05) is 25.2 Å². The first-order chi connectivity index (χ1) is 11.2. The number of rotatable bonds is 10. The predicted molar refractivity (Wildman–Crippen MR) is 99.7 cm³/mol. The maximum Gasteiger partial charge on any atom is 0.143 e. The molecule has 0 amide bonds. The molecule has 0 fully saturated rings. The second-order valence-electron chi connectivity index (χ2n) is 5.74. The van der Waals surface area contributed by atoms with Crippen molar-refractivity contribution >= 4 is 17.0 Å². The van der Waals surface area contributed by atoms with Crippen LogP contribution in [0, 0.1) is 0 Å². The fourth-order valence-electron chi connectivity index (χ4n) is 2.29. The van der Waals surface area contributed by atoms with Gasteiger partial charge in [-0.25, -0.2) is 0 Å². The molecule has 1 aromatic heterocycles. The van der Waals surface area contributed by atoms with E-state index in [4.69, 9.17) is 4.74 Å². The van der Waals surface area contributed by atoms with Crippen LogP contribution >= 0.6 is 11.3 Å². The van der Waals surface area contributed by atoms with E-state index in [9.17, 15) is 0 Å². The summed E-state index contributed by atoms with van der Waals surface area (Å²) < 4.78 is 6.34. The summed E-state index contributed by atoms with van der Waals surface area (Å²) >= 11 is 1.75. The molecular formula is C18H27N3OS. The zero-order valence-corrected chi connectivity index (χ0v) is 15.0. The highest BCUT2D eigenvalue weighted by atomic mass is 32.1. The summed E-state index contributed by atoms with van der Waals surface area (Å²) in [5.41, 5.74) is 1.06. The van der Waals surface area contributed by atoms with Crippen LogP contribution in [0.2, 0.25) is 0 Å². The number of hydrogen-bond acceptors (Lipinski definition) is 5. The van der Waals surface area contributed by atoms with Crippen molar-refractivity contribution in [3.63, 3.8) is 0 Å². The summed E-state index contributed by atoms with van der Waals surface area (Å²) in [4.78, 5) is 3.43. The Morgan fingerprint density at radius 1 is 1.13 bits per heavy atom. The highest BCUT2D eigenvalue weighted by molar-refractivity contribution is 7.10. The number of ether oxygens (including phenoxy) is 1. The van der Waals surface area contributed by atoms with E-state index in [2.05, 4.69) is 53.2 Å². The number of benzene rings is 1. The number of para-hydroxylation sites is 2. The average Bonchev–Trinajstić information content (AvgIpc) is 3.06. The second-order valence-corrected chi connectivity index (χ2v) is 6.72. The molecule has 2 aromatic rings. The first-order valence-electron chi connectivity index (χ1n) is 8.03. The fourth-order valence-corrected chi connectivity index (χ4v) is 3.08. The molecule has 0 aliphatic rings. The molecule has 0 spiro atoms. The molecule has 1 aromatic carbocycles. The third-order valence-electron chi connectivity index (χ3n) is 3.55. The van der Waals surface area contributed by atoms with Gasteiger partial charge in [0.2, 0.25) is 0 Å². The summed E-state index contributed by atoms with van der Waals surface area (Å²) in [6.07, 6.45) is 1.03. The molecule has 0 saturated heterocycles. The third kappa shape index (κ3) is 5.86. The number of hydrogen-bond donors (Lipinski definition) is 2. The van der Waals surface area contributed by atoms with Gasteiger partial charge in [-0.15, -0.1) is 11.3 Å². The van der Waals surface area contributed by atoms with Crippen LogP contribution in [-0.2, 0) is 0 Å². The van der Waals surface area contributed by atoms with Gasteiger partial charge in [0.1, 0.15) is 11.9 Å². The Balaban J connectivity index is 2.06. The first-order valence-corrected chi connectivity index (χ1v) is 8.91. The van der Waals surface area contributed by atoms with Crippen molar-refractivity contribution in [1.29, 1.82) is 0 Å². The highest BCUT2D eigenvalue weighted by Crippen LogP contribution is 2.32. The van der Waals surface area contributed by atoms with Crippen molar-refractivity contribution in [2.75, 3.05) is 46.1 Å². The molecule has 0 radical (unpaired) electrons. The standard InChI is InChI=1S/C18H27N3OS/c1-19-11-10-17(18-9-6-14-23-18)22-16-8-5-4-7-15(16)20-12-13-21(2)3/h4-9,14,17,19-20H,10-13H2,1-3H3/t17-/m0/s1. The van der Waals surface area contributed by atoms with Crippen molar-refractivity contribution < 1.29 is 4.74 Å². The number of anilines is 1. The van der Waals surface area contributed by atoms with Gasteiger partial charge in [0, 0.05) is 24.4 Å². The fraction of sp³-hybridized carbons (Fsp3) is 0.444. The van der Waals surface area contributed by atoms with Gasteiger partial charge in [0.05, 0.1) is 5.69 Å². The van der Waals surface area contributed by atoms with Crippen LogP contribution in [0.4, 0.5) is 5.69 Å². The van der Waals surface area contributed by atoms with Gasteiger partial charge in [0.15, 0.2) is 0 Å². The van der Waals surface area contributed by atoms with Crippen LogP contribution in [0.3, 0.4) is 0 Å². The molecule has 1 atom stereocenters. The number of nitrogens with one attached hydrogen (secondary N) is 2. The largest absolute Gasteiger partial charge is 0.483 e. The van der Waals surface area contributed by atoms with E-state index in [-0.39, 0.29) is 6.10 Å². The summed E-state index contributed by atoms with van der Waals surface area (Å²) in [5, 5.41) is 8.79. The lowest BCUT2D eigenvalue weighted by Gasteiger charge is -2.21. The van der Waals surface area contributed by atoms with E-state index >= 15 is 0 Å². The highest BCUT2D eigenvalue weighted by Gasteiger charge is 2.16. The first kappa shape index (κ1) is 17.8. The molecule has 0 aliphatic carbocycles. The van der Waals surface area contributed by atoms with Crippen molar-refractivity contribution in [2.24, 2.45) is 0 Å². The minimum atomic E-state index is 0.0826. The van der Waals surface area contributed by atoms with Crippen molar-refractivity contribution in [2.45, 2.75) is 12.5 Å². The van der Waals surface area contributed by atoms with Crippen LogP contribution in [0.5, 0.6) is 5.75 Å². The third-order valence-corrected chi connectivity index (χ3v) is 4.51. The van der Waals surface area contributed by atoms with Crippen LogP contribution < -0.4 is 15.4 Å². The molecule has 1 heterocycles. The van der Waals surface area contributed by atoms with Gasteiger partial charge in [-0.05, 0) is 51.3 Å². The summed E-state index contributed by atoms with van der Waals surface area (Å²) in [5.74, 6) is 0.917. The SMILES string of the molecule is CNCC[C@H](Oc1ccccc1NCCN(C)C)c1cccs1. The lowest BCUT2D eigenvalue weighted by atomic mass is 10.2. The van der Waals surface area contributed by atoms with E-state index in [1.54, 1.807) is 11.3 Å². The van der Waals surface area contributed by atoms with Gasteiger partial charge in [-0.2, -0.15) is 0 Å². The number of thiophene rings is 1. The van der Waals surface area contributed by atoms with Crippen LogP contribution in [-0.4, -0.2) is 45.7 Å². The lowest BCUT2D eigenvalue weighted by Crippen LogP contribution is -2.21. The smallest absolute Gasteiger partial charge is 0.143 e. The van der Waals surface area contributed by atoms with Crippen molar-refractivity contribution in [3.8, 4) is 5.75 Å². The summed E-state index contributed by atoms with van der Waals surface area (Å²) in [6.45, 7) is 2.81. The molecule has 0 unspecified atom stereocenters. The molecule has 5 heteroatoms. The van der Waals surface area contributed by atoms with Crippen LogP contribution in [0.25, 0.3) is 0 Å². The van der Waals surface area contributed by atoms with Gasteiger partial charge in [-0.3, -0.25) is 0 Å². The number of nitrogens with zero attached hydrogens (tertiary/aromatic N) is 1. The van der Waals surface area contributed by atoms with Crippen molar-refractivity contribution in [3.05, 3.63) is 46.7 Å². The topological polar surface area (TPSA) is 36.5 Å². The van der Waals surface area contributed by atoms with Crippen LogP contribution in [0.15, 0.2) is 41.8 Å². The van der Waals surface area contributed by atoms with E-state index in [0.717, 1.165) is 37.5 Å². The van der Waals surface area contributed by atoms with Gasteiger partial charge >= 0.3 is 0 Å². The second kappa shape index (κ2) is 9.55. The number of likely N-dealkylation sites (N-methyl/N-ethyl adjacent to an activating group) is 1. The summed E-state index contributed by atoms with van der Waals surface area (Å²) in [6, 6.07) is 12.4. The van der Waals surface area contributed by atoms with Crippen molar-refractivity contribution in [1.82, 2.24) is 10.2 Å². The predicted octanol–water partition coefficient (Wildman–Crippen LogP) is 3.45. The normalized spacial score (nSPS) is 12.3. The van der Waals surface area contributed by atoms with Gasteiger partial charge in [-0.1, -0.05) is 18.2 Å². The zero-order valence-electron chi connectivity index (χ0n) is 14.2. The minimum Gasteiger partial charge on any atom is -0.483 e. The Kier molecular flexibility index (Phi) is 7.39. The Bertz CT molecular complexity index is 557. The maximum absolute atomic E-state index is 6.34. The summed E-state index contributed by atoms with van der Waals surface area (Å²) in [7, 11) is 6.13. The molecular weight excluding hydrogens is 306 g/mol. The maximum atomic E-state index is 6.34. The molecule has 0 saturated carbocycles. The Morgan fingerprint density at radius 2 is 1.96 bits per heavy atom. The molecule has 2 rings (SSSR count). The zero-order chi connectivity index (χ0) is 16.5. The van der Waals surface area contributed by atoms with E-state index in [0.29, 0.717) is 0 Å². The average molecular weight is 334 g/mol. The molecule has 4 nitrogen and oxygen atoms in total. The molecule has 2 N–H and O–H groups in total. The van der Waals surface area contributed by atoms with E-state index < -0.39 is 0 Å². The minimum absolute atomic E-state index is 0.0826. The molecule has 0 aliphatic heterocycles.